The third kappa shape index (κ3) is 4.06. The Morgan fingerprint density at radius 1 is 0.944 bits per heavy atom. The van der Waals surface area contributed by atoms with Crippen molar-refractivity contribution in [1.82, 2.24) is 0 Å². The molecule has 2 rings (SSSR count). The molecule has 0 radical (unpaired) electrons. The van der Waals surface area contributed by atoms with Crippen LogP contribution >= 0.6 is 11.8 Å². The van der Waals surface area contributed by atoms with E-state index in [-0.39, 0.29) is 0 Å². The SMILES string of the molecule is NCc1ccc(SC/C=C/c2ccccc2)cc1. The van der Waals surface area contributed by atoms with Crippen molar-refractivity contribution in [3.63, 3.8) is 0 Å². The van der Waals surface area contributed by atoms with Crippen molar-refractivity contribution in [3.05, 3.63) is 71.8 Å². The van der Waals surface area contributed by atoms with Gasteiger partial charge in [-0.05, 0) is 23.3 Å². The van der Waals surface area contributed by atoms with Crippen LogP contribution in [0.25, 0.3) is 6.08 Å². The molecule has 0 heterocycles. The van der Waals surface area contributed by atoms with Gasteiger partial charge in [0.1, 0.15) is 0 Å². The highest BCUT2D eigenvalue weighted by Crippen LogP contribution is 2.18. The van der Waals surface area contributed by atoms with Crippen LogP contribution in [0, 0.1) is 0 Å². The van der Waals surface area contributed by atoms with Crippen LogP contribution in [-0.4, -0.2) is 5.75 Å². The van der Waals surface area contributed by atoms with Crippen LogP contribution in [-0.2, 0) is 6.54 Å². The lowest BCUT2D eigenvalue weighted by Gasteiger charge is -2.00. The first-order chi connectivity index (χ1) is 8.88. The summed E-state index contributed by atoms with van der Waals surface area (Å²) in [6.07, 6.45) is 4.35. The molecular weight excluding hydrogens is 238 g/mol. The molecule has 0 aliphatic carbocycles. The Morgan fingerprint density at radius 2 is 1.67 bits per heavy atom. The fraction of sp³-hybridized carbons (Fsp3) is 0.125. The van der Waals surface area contributed by atoms with Crippen molar-refractivity contribution < 1.29 is 0 Å². The van der Waals surface area contributed by atoms with E-state index in [2.05, 4.69) is 60.7 Å². The molecule has 2 aromatic carbocycles. The van der Waals surface area contributed by atoms with Crippen molar-refractivity contribution >= 4 is 17.8 Å². The van der Waals surface area contributed by atoms with Crippen LogP contribution in [0.5, 0.6) is 0 Å². The van der Waals surface area contributed by atoms with Gasteiger partial charge in [0.05, 0.1) is 0 Å². The van der Waals surface area contributed by atoms with Crippen molar-refractivity contribution in [1.29, 1.82) is 0 Å². The molecule has 0 unspecified atom stereocenters. The fourth-order valence-corrected chi connectivity index (χ4v) is 2.33. The van der Waals surface area contributed by atoms with E-state index >= 15 is 0 Å². The molecular formula is C16H17NS. The van der Waals surface area contributed by atoms with Gasteiger partial charge in [-0.3, -0.25) is 0 Å². The summed E-state index contributed by atoms with van der Waals surface area (Å²) in [5, 5.41) is 0. The first-order valence-corrected chi connectivity index (χ1v) is 7.00. The zero-order chi connectivity index (χ0) is 12.6. The number of thioether (sulfide) groups is 1. The van der Waals surface area contributed by atoms with Crippen LogP contribution in [0.15, 0.2) is 65.6 Å². The highest BCUT2D eigenvalue weighted by atomic mass is 32.2. The van der Waals surface area contributed by atoms with E-state index in [0.717, 1.165) is 5.75 Å². The van der Waals surface area contributed by atoms with Gasteiger partial charge in [0.25, 0.3) is 0 Å². The van der Waals surface area contributed by atoms with Gasteiger partial charge < -0.3 is 5.73 Å². The molecule has 0 fully saturated rings. The summed E-state index contributed by atoms with van der Waals surface area (Å²) in [5.41, 5.74) is 7.99. The average Bonchev–Trinajstić information content (AvgIpc) is 2.45. The first-order valence-electron chi connectivity index (χ1n) is 6.02. The van der Waals surface area contributed by atoms with Gasteiger partial charge in [-0.25, -0.2) is 0 Å². The third-order valence-electron chi connectivity index (χ3n) is 2.62. The Balaban J connectivity index is 1.83. The lowest BCUT2D eigenvalue weighted by molar-refractivity contribution is 1.07. The fourth-order valence-electron chi connectivity index (χ4n) is 1.61. The molecule has 0 amide bonds. The molecule has 0 aliphatic heterocycles. The molecule has 2 aromatic rings. The van der Waals surface area contributed by atoms with E-state index in [1.165, 1.54) is 16.0 Å². The van der Waals surface area contributed by atoms with Gasteiger partial charge in [0.2, 0.25) is 0 Å². The Bertz CT molecular complexity index is 488. The first kappa shape index (κ1) is 12.9. The van der Waals surface area contributed by atoms with Crippen molar-refractivity contribution in [3.8, 4) is 0 Å². The molecule has 0 bridgehead atoms. The van der Waals surface area contributed by atoms with Crippen LogP contribution in [0.3, 0.4) is 0 Å². The molecule has 0 aromatic heterocycles. The van der Waals surface area contributed by atoms with Gasteiger partial charge in [-0.2, -0.15) is 0 Å². The maximum absolute atomic E-state index is 5.57. The van der Waals surface area contributed by atoms with Crippen LogP contribution in [0.2, 0.25) is 0 Å². The second kappa shape index (κ2) is 7.04. The zero-order valence-corrected chi connectivity index (χ0v) is 11.1. The summed E-state index contributed by atoms with van der Waals surface area (Å²) in [7, 11) is 0. The summed E-state index contributed by atoms with van der Waals surface area (Å²) in [5.74, 6) is 0.983. The Hall–Kier alpha value is -1.51. The monoisotopic (exact) mass is 255 g/mol. The lowest BCUT2D eigenvalue weighted by atomic mass is 10.2. The Labute approximate surface area is 113 Å². The average molecular weight is 255 g/mol. The minimum absolute atomic E-state index is 0.610. The molecule has 0 aliphatic rings. The van der Waals surface area contributed by atoms with Crippen LogP contribution in [0.1, 0.15) is 11.1 Å². The molecule has 92 valence electrons. The van der Waals surface area contributed by atoms with Gasteiger partial charge in [0.15, 0.2) is 0 Å². The third-order valence-corrected chi connectivity index (χ3v) is 3.58. The van der Waals surface area contributed by atoms with E-state index in [4.69, 9.17) is 5.73 Å². The Kier molecular flexibility index (Phi) is 5.06. The second-order valence-electron chi connectivity index (χ2n) is 3.97. The summed E-state index contributed by atoms with van der Waals surface area (Å²) in [6, 6.07) is 18.8. The summed E-state index contributed by atoms with van der Waals surface area (Å²) >= 11 is 1.83. The molecule has 0 saturated heterocycles. The number of rotatable bonds is 5. The molecule has 0 saturated carbocycles. The van der Waals surface area contributed by atoms with Gasteiger partial charge in [-0.15, -0.1) is 11.8 Å². The minimum Gasteiger partial charge on any atom is -0.326 e. The van der Waals surface area contributed by atoms with Crippen molar-refractivity contribution in [2.24, 2.45) is 5.73 Å². The number of hydrogen-bond acceptors (Lipinski definition) is 2. The second-order valence-corrected chi connectivity index (χ2v) is 5.07. The summed E-state index contributed by atoms with van der Waals surface area (Å²) in [6.45, 7) is 0.610. The zero-order valence-electron chi connectivity index (χ0n) is 10.3. The smallest absolute Gasteiger partial charge is 0.0178 e. The molecule has 0 atom stereocenters. The molecule has 18 heavy (non-hydrogen) atoms. The molecule has 2 heteroatoms. The van der Waals surface area contributed by atoms with E-state index in [9.17, 15) is 0 Å². The van der Waals surface area contributed by atoms with E-state index < -0.39 is 0 Å². The van der Waals surface area contributed by atoms with Crippen molar-refractivity contribution in [2.75, 3.05) is 5.75 Å². The van der Waals surface area contributed by atoms with Crippen LogP contribution < -0.4 is 5.73 Å². The maximum atomic E-state index is 5.57. The Morgan fingerprint density at radius 3 is 2.33 bits per heavy atom. The predicted octanol–water partition coefficient (Wildman–Crippen LogP) is 3.95. The highest BCUT2D eigenvalue weighted by Gasteiger charge is 1.92. The van der Waals surface area contributed by atoms with Gasteiger partial charge >= 0.3 is 0 Å². The number of benzene rings is 2. The number of hydrogen-bond donors (Lipinski definition) is 1. The summed E-state index contributed by atoms with van der Waals surface area (Å²) in [4.78, 5) is 1.28. The molecule has 0 spiro atoms. The summed E-state index contributed by atoms with van der Waals surface area (Å²) < 4.78 is 0. The highest BCUT2D eigenvalue weighted by molar-refractivity contribution is 7.99. The van der Waals surface area contributed by atoms with Crippen LogP contribution in [0.4, 0.5) is 0 Å². The van der Waals surface area contributed by atoms with E-state index in [1.807, 2.05) is 17.8 Å². The standard InChI is InChI=1S/C16H17NS/c17-13-15-8-10-16(11-9-15)18-12-4-7-14-5-2-1-3-6-14/h1-11H,12-13,17H2/b7-4+. The topological polar surface area (TPSA) is 26.0 Å². The normalized spacial score (nSPS) is 10.9. The minimum atomic E-state index is 0.610. The lowest BCUT2D eigenvalue weighted by Crippen LogP contribution is -1.94. The number of nitrogens with two attached hydrogens (primary N) is 1. The predicted molar refractivity (Wildman–Crippen MR) is 80.5 cm³/mol. The largest absolute Gasteiger partial charge is 0.326 e. The van der Waals surface area contributed by atoms with E-state index in [0.29, 0.717) is 6.54 Å². The molecule has 2 N–H and O–H groups in total. The van der Waals surface area contributed by atoms with Gasteiger partial charge in [-0.1, -0.05) is 54.6 Å². The molecule has 1 nitrogen and oxygen atoms in total. The van der Waals surface area contributed by atoms with E-state index in [1.54, 1.807) is 0 Å². The quantitative estimate of drug-likeness (QED) is 0.819. The maximum Gasteiger partial charge on any atom is 0.0178 e. The van der Waals surface area contributed by atoms with Crippen molar-refractivity contribution in [2.45, 2.75) is 11.4 Å². The van der Waals surface area contributed by atoms with Gasteiger partial charge in [0, 0.05) is 17.2 Å².